The van der Waals surface area contributed by atoms with Gasteiger partial charge in [-0.25, -0.2) is 14.8 Å². The van der Waals surface area contributed by atoms with E-state index in [-0.39, 0.29) is 18.0 Å². The Hall–Kier alpha value is -3.24. The fourth-order valence-corrected chi connectivity index (χ4v) is 5.30. The Labute approximate surface area is 218 Å². The van der Waals surface area contributed by atoms with E-state index >= 15 is 0 Å². The molecular formula is C27H37N7O3. The normalized spacial score (nSPS) is 20.0. The van der Waals surface area contributed by atoms with Gasteiger partial charge < -0.3 is 25.2 Å². The zero-order chi connectivity index (χ0) is 25.8. The predicted octanol–water partition coefficient (Wildman–Crippen LogP) is 2.49. The summed E-state index contributed by atoms with van der Waals surface area (Å²) in [7, 11) is 0. The fraction of sp³-hybridized carbons (Fsp3) is 0.556. The Balaban J connectivity index is 1.42. The molecule has 0 radical (unpaired) electrons. The van der Waals surface area contributed by atoms with Crippen molar-refractivity contribution < 1.29 is 14.3 Å². The zero-order valence-corrected chi connectivity index (χ0v) is 21.8. The number of nitrogens with one attached hydrogen (secondary N) is 2. The van der Waals surface area contributed by atoms with E-state index in [1.807, 2.05) is 36.1 Å². The highest BCUT2D eigenvalue weighted by Crippen LogP contribution is 2.31. The van der Waals surface area contributed by atoms with Crippen molar-refractivity contribution in [1.29, 1.82) is 0 Å². The van der Waals surface area contributed by atoms with Crippen molar-refractivity contribution in [2.75, 3.05) is 62.7 Å². The third-order valence-corrected chi connectivity index (χ3v) is 7.32. The Kier molecular flexibility index (Phi) is 7.85. The lowest BCUT2D eigenvalue weighted by atomic mass is 10.0. The van der Waals surface area contributed by atoms with Crippen molar-refractivity contribution in [1.82, 2.24) is 25.1 Å². The highest BCUT2D eigenvalue weighted by Gasteiger charge is 2.30. The average Bonchev–Trinajstić information content (AvgIpc) is 3.44. The summed E-state index contributed by atoms with van der Waals surface area (Å²) in [6, 6.07) is 7.60. The summed E-state index contributed by atoms with van der Waals surface area (Å²) in [4.78, 5) is 41.3. The largest absolute Gasteiger partial charge is 0.377 e. The lowest BCUT2D eigenvalue weighted by Crippen LogP contribution is -2.46. The number of fused-ring (bicyclic) bond motifs is 1. The van der Waals surface area contributed by atoms with Crippen LogP contribution in [-0.4, -0.2) is 90.2 Å². The number of aromatic nitrogens is 2. The molecule has 3 aliphatic rings. The van der Waals surface area contributed by atoms with Crippen LogP contribution in [0.5, 0.6) is 0 Å². The van der Waals surface area contributed by atoms with E-state index in [1.54, 1.807) is 0 Å². The van der Waals surface area contributed by atoms with E-state index in [0.29, 0.717) is 44.4 Å². The molecule has 3 aliphatic heterocycles. The number of amides is 3. The molecule has 0 aliphatic carbocycles. The van der Waals surface area contributed by atoms with Gasteiger partial charge >= 0.3 is 6.03 Å². The molecular weight excluding hydrogens is 470 g/mol. The van der Waals surface area contributed by atoms with Gasteiger partial charge in [-0.05, 0) is 57.4 Å². The number of urea groups is 1. The molecule has 0 spiro atoms. The second-order valence-corrected chi connectivity index (χ2v) is 10.0. The number of hydrogen-bond acceptors (Lipinski definition) is 7. The van der Waals surface area contributed by atoms with Gasteiger partial charge in [0.05, 0.1) is 31.5 Å². The number of likely N-dealkylation sites (tertiary alicyclic amines) is 1. The summed E-state index contributed by atoms with van der Waals surface area (Å²) in [6.07, 6.45) is 3.02. The van der Waals surface area contributed by atoms with Crippen LogP contribution in [0.3, 0.4) is 0 Å². The van der Waals surface area contributed by atoms with Crippen LogP contribution in [0.25, 0.3) is 11.4 Å². The minimum absolute atomic E-state index is 0.215. The Morgan fingerprint density at radius 1 is 1.08 bits per heavy atom. The first-order valence-corrected chi connectivity index (χ1v) is 13.4. The summed E-state index contributed by atoms with van der Waals surface area (Å²) in [6.45, 7) is 10.4. The van der Waals surface area contributed by atoms with Gasteiger partial charge in [-0.2, -0.15) is 0 Å². The van der Waals surface area contributed by atoms with Gasteiger partial charge in [0.2, 0.25) is 5.91 Å². The SMILES string of the molecule is CCNC(=O)Nc1ccc(-c2nc3c(c(N4CCOCC4C)n2)CCN(CC(=O)N2CCCC2)C3)cc1. The van der Waals surface area contributed by atoms with Crippen molar-refractivity contribution in [3.8, 4) is 11.4 Å². The van der Waals surface area contributed by atoms with Crippen molar-refractivity contribution in [3.63, 3.8) is 0 Å². The third-order valence-electron chi connectivity index (χ3n) is 7.32. The van der Waals surface area contributed by atoms with Gasteiger partial charge in [0.15, 0.2) is 5.82 Å². The lowest BCUT2D eigenvalue weighted by Gasteiger charge is -2.38. The molecule has 5 rings (SSSR count). The molecule has 4 heterocycles. The molecule has 1 atom stereocenters. The number of hydrogen-bond donors (Lipinski definition) is 2. The lowest BCUT2D eigenvalue weighted by molar-refractivity contribution is -0.131. The maximum atomic E-state index is 12.8. The molecule has 10 nitrogen and oxygen atoms in total. The number of rotatable bonds is 6. The minimum Gasteiger partial charge on any atom is -0.377 e. The first-order chi connectivity index (χ1) is 18.0. The number of carbonyl (C=O) groups excluding carboxylic acids is 2. The average molecular weight is 508 g/mol. The summed E-state index contributed by atoms with van der Waals surface area (Å²) in [5.41, 5.74) is 3.76. The van der Waals surface area contributed by atoms with Crippen molar-refractivity contribution in [2.45, 2.75) is 45.7 Å². The van der Waals surface area contributed by atoms with E-state index in [9.17, 15) is 9.59 Å². The van der Waals surface area contributed by atoms with E-state index in [1.165, 1.54) is 5.56 Å². The highest BCUT2D eigenvalue weighted by atomic mass is 16.5. The number of anilines is 2. The Morgan fingerprint density at radius 3 is 2.59 bits per heavy atom. The van der Waals surface area contributed by atoms with Crippen LogP contribution in [0.1, 0.15) is 37.9 Å². The summed E-state index contributed by atoms with van der Waals surface area (Å²) in [5, 5.41) is 5.57. The molecule has 2 aromatic rings. The van der Waals surface area contributed by atoms with Crippen LogP contribution in [-0.2, 0) is 22.5 Å². The van der Waals surface area contributed by atoms with Crippen molar-refractivity contribution >= 4 is 23.4 Å². The van der Waals surface area contributed by atoms with Gasteiger partial charge in [0.25, 0.3) is 0 Å². The second kappa shape index (κ2) is 11.4. The zero-order valence-electron chi connectivity index (χ0n) is 21.8. The van der Waals surface area contributed by atoms with E-state index in [2.05, 4.69) is 27.4 Å². The van der Waals surface area contributed by atoms with Crippen molar-refractivity contribution in [2.24, 2.45) is 0 Å². The number of morpholine rings is 1. The van der Waals surface area contributed by atoms with Gasteiger partial charge in [0, 0.05) is 56.1 Å². The van der Waals surface area contributed by atoms with Crippen LogP contribution in [0.2, 0.25) is 0 Å². The molecule has 0 bridgehead atoms. The van der Waals surface area contributed by atoms with Crippen LogP contribution in [0.15, 0.2) is 24.3 Å². The molecule has 0 saturated carbocycles. The van der Waals surface area contributed by atoms with Gasteiger partial charge in [0.1, 0.15) is 5.82 Å². The number of nitrogens with zero attached hydrogens (tertiary/aromatic N) is 5. The molecule has 1 aromatic carbocycles. The molecule has 2 fully saturated rings. The maximum Gasteiger partial charge on any atom is 0.319 e. The fourth-order valence-electron chi connectivity index (χ4n) is 5.30. The second-order valence-electron chi connectivity index (χ2n) is 10.0. The van der Waals surface area contributed by atoms with Gasteiger partial charge in [-0.15, -0.1) is 0 Å². The molecule has 10 heteroatoms. The van der Waals surface area contributed by atoms with Crippen LogP contribution < -0.4 is 15.5 Å². The predicted molar refractivity (Wildman–Crippen MR) is 143 cm³/mol. The first kappa shape index (κ1) is 25.4. The topological polar surface area (TPSA) is 103 Å². The van der Waals surface area contributed by atoms with Crippen LogP contribution in [0.4, 0.5) is 16.3 Å². The Morgan fingerprint density at radius 2 is 1.86 bits per heavy atom. The first-order valence-electron chi connectivity index (χ1n) is 13.4. The molecule has 1 unspecified atom stereocenters. The standard InChI is InChI=1S/C27H37N7O3/c1-3-28-27(36)29-21-8-6-20(7-9-21)25-30-23-16-32(17-24(35)33-11-4-5-12-33)13-10-22(23)26(31-25)34-14-15-37-18-19(34)2/h6-9,19H,3-5,10-18H2,1-2H3,(H2,28,29,36). The molecule has 2 saturated heterocycles. The summed E-state index contributed by atoms with van der Waals surface area (Å²) >= 11 is 0. The van der Waals surface area contributed by atoms with Crippen molar-refractivity contribution in [3.05, 3.63) is 35.5 Å². The maximum absolute atomic E-state index is 12.8. The van der Waals surface area contributed by atoms with Gasteiger partial charge in [-0.1, -0.05) is 0 Å². The number of ether oxygens (including phenoxy) is 1. The smallest absolute Gasteiger partial charge is 0.319 e. The van der Waals surface area contributed by atoms with E-state index in [4.69, 9.17) is 14.7 Å². The molecule has 198 valence electrons. The van der Waals surface area contributed by atoms with Crippen LogP contribution >= 0.6 is 0 Å². The molecule has 37 heavy (non-hydrogen) atoms. The van der Waals surface area contributed by atoms with E-state index in [0.717, 1.165) is 62.5 Å². The summed E-state index contributed by atoms with van der Waals surface area (Å²) in [5.74, 6) is 1.85. The molecule has 1 aromatic heterocycles. The number of benzene rings is 1. The third kappa shape index (κ3) is 5.86. The van der Waals surface area contributed by atoms with Gasteiger partial charge in [-0.3, -0.25) is 9.69 Å². The molecule has 3 amide bonds. The number of carbonyl (C=O) groups is 2. The summed E-state index contributed by atoms with van der Waals surface area (Å²) < 4.78 is 5.69. The molecule has 2 N–H and O–H groups in total. The monoisotopic (exact) mass is 507 g/mol. The quantitative estimate of drug-likeness (QED) is 0.619. The highest BCUT2D eigenvalue weighted by molar-refractivity contribution is 5.89. The Bertz CT molecular complexity index is 1120. The van der Waals surface area contributed by atoms with E-state index < -0.39 is 0 Å². The van der Waals surface area contributed by atoms with Crippen LogP contribution in [0, 0.1) is 0 Å². The minimum atomic E-state index is -0.229.